The third-order valence-electron chi connectivity index (χ3n) is 4.44. The average Bonchev–Trinajstić information content (AvgIpc) is 3.05. The number of carbonyl (C=O) groups is 1. The van der Waals surface area contributed by atoms with Gasteiger partial charge in [0.15, 0.2) is 0 Å². The molecule has 7 heteroatoms. The van der Waals surface area contributed by atoms with Crippen LogP contribution in [0.1, 0.15) is 37.6 Å². The van der Waals surface area contributed by atoms with E-state index in [-0.39, 0.29) is 30.3 Å². The van der Waals surface area contributed by atoms with Gasteiger partial charge in [0.1, 0.15) is 5.01 Å². The molecule has 0 radical (unpaired) electrons. The maximum atomic E-state index is 12.3. The molecule has 2 fully saturated rings. The van der Waals surface area contributed by atoms with Crippen molar-refractivity contribution in [3.8, 4) is 0 Å². The smallest absolute Gasteiger partial charge is 0.231 e. The van der Waals surface area contributed by atoms with Crippen LogP contribution < -0.4 is 11.1 Å². The molecule has 3 N–H and O–H groups in total. The number of fused-ring (bicyclic) bond motifs is 2. The minimum absolute atomic E-state index is 0. The van der Waals surface area contributed by atoms with Gasteiger partial charge in [-0.2, -0.15) is 0 Å². The molecular weight excluding hydrogens is 296 g/mol. The molecule has 0 spiro atoms. The monoisotopic (exact) mass is 316 g/mol. The number of nitrogens with one attached hydrogen (secondary N) is 1. The summed E-state index contributed by atoms with van der Waals surface area (Å²) in [6.45, 7) is 2.11. The molecule has 0 saturated heterocycles. The Balaban J connectivity index is 0.00000147. The molecule has 20 heavy (non-hydrogen) atoms. The van der Waals surface area contributed by atoms with Crippen LogP contribution in [0.25, 0.3) is 0 Å². The Kier molecular flexibility index (Phi) is 4.99. The fourth-order valence-corrected chi connectivity index (χ4v) is 4.38. The van der Waals surface area contributed by atoms with Crippen molar-refractivity contribution in [2.45, 2.75) is 45.1 Å². The van der Waals surface area contributed by atoms with E-state index in [1.54, 1.807) is 0 Å². The number of hydrogen-bond donors (Lipinski definition) is 2. The third kappa shape index (κ3) is 2.82. The van der Waals surface area contributed by atoms with E-state index in [1.165, 1.54) is 17.8 Å². The summed E-state index contributed by atoms with van der Waals surface area (Å²) >= 11 is 1.47. The lowest BCUT2D eigenvalue weighted by molar-refractivity contribution is -0.121. The first-order valence-corrected chi connectivity index (χ1v) is 7.89. The molecule has 2 aliphatic carbocycles. The van der Waals surface area contributed by atoms with Gasteiger partial charge < -0.3 is 11.1 Å². The molecule has 3 rings (SSSR count). The van der Waals surface area contributed by atoms with E-state index >= 15 is 0 Å². The van der Waals surface area contributed by atoms with E-state index < -0.39 is 0 Å². The summed E-state index contributed by atoms with van der Waals surface area (Å²) in [7, 11) is 0. The van der Waals surface area contributed by atoms with Crippen LogP contribution in [0.4, 0.5) is 5.13 Å². The second-order valence-electron chi connectivity index (χ2n) is 5.68. The van der Waals surface area contributed by atoms with Gasteiger partial charge in [-0.25, -0.2) is 0 Å². The van der Waals surface area contributed by atoms with Gasteiger partial charge in [0.05, 0.1) is 5.92 Å². The van der Waals surface area contributed by atoms with Gasteiger partial charge in [0, 0.05) is 12.5 Å². The number of nitrogens with two attached hydrogens (primary N) is 1. The Morgan fingerprint density at radius 2 is 2.15 bits per heavy atom. The second-order valence-corrected chi connectivity index (χ2v) is 6.74. The van der Waals surface area contributed by atoms with Crippen molar-refractivity contribution in [2.75, 3.05) is 5.32 Å². The van der Waals surface area contributed by atoms with Gasteiger partial charge in [-0.15, -0.1) is 22.6 Å². The van der Waals surface area contributed by atoms with Crippen LogP contribution in [-0.2, 0) is 11.2 Å². The number of anilines is 1. The van der Waals surface area contributed by atoms with Gasteiger partial charge in [-0.3, -0.25) is 4.79 Å². The molecule has 1 heterocycles. The predicted molar refractivity (Wildman–Crippen MR) is 82.1 cm³/mol. The van der Waals surface area contributed by atoms with Crippen LogP contribution in [0, 0.1) is 17.8 Å². The molecule has 1 amide bonds. The Bertz CT molecular complexity index is 479. The maximum Gasteiger partial charge on any atom is 0.231 e. The molecule has 4 unspecified atom stereocenters. The molecular formula is C13H21ClN4OS. The molecule has 2 bridgehead atoms. The van der Waals surface area contributed by atoms with Gasteiger partial charge >= 0.3 is 0 Å². The van der Waals surface area contributed by atoms with Gasteiger partial charge in [-0.05, 0) is 37.5 Å². The lowest BCUT2D eigenvalue weighted by Gasteiger charge is -2.26. The highest BCUT2D eigenvalue weighted by atomic mass is 35.5. The van der Waals surface area contributed by atoms with Crippen molar-refractivity contribution in [3.05, 3.63) is 5.01 Å². The number of rotatable bonds is 4. The average molecular weight is 317 g/mol. The second kappa shape index (κ2) is 6.37. The zero-order chi connectivity index (χ0) is 13.4. The van der Waals surface area contributed by atoms with Crippen molar-refractivity contribution in [2.24, 2.45) is 23.5 Å². The number of hydrogen-bond acceptors (Lipinski definition) is 5. The molecule has 0 aliphatic heterocycles. The maximum absolute atomic E-state index is 12.3. The van der Waals surface area contributed by atoms with Crippen molar-refractivity contribution in [1.29, 1.82) is 0 Å². The lowest BCUT2D eigenvalue weighted by atomic mass is 9.84. The quantitative estimate of drug-likeness (QED) is 0.892. The van der Waals surface area contributed by atoms with Crippen LogP contribution in [0.5, 0.6) is 0 Å². The number of carbonyl (C=O) groups excluding carboxylic acids is 1. The van der Waals surface area contributed by atoms with Crippen molar-refractivity contribution in [3.63, 3.8) is 0 Å². The minimum atomic E-state index is -0.0303. The summed E-state index contributed by atoms with van der Waals surface area (Å²) in [5.74, 6) is 1.03. The first-order valence-electron chi connectivity index (χ1n) is 7.08. The zero-order valence-electron chi connectivity index (χ0n) is 11.5. The van der Waals surface area contributed by atoms with Gasteiger partial charge in [0.25, 0.3) is 0 Å². The van der Waals surface area contributed by atoms with E-state index in [1.807, 2.05) is 0 Å². The van der Waals surface area contributed by atoms with Crippen LogP contribution in [-0.4, -0.2) is 22.1 Å². The first-order chi connectivity index (χ1) is 9.19. The number of aryl methyl sites for hydroxylation is 1. The summed E-state index contributed by atoms with van der Waals surface area (Å²) < 4.78 is 0. The first kappa shape index (κ1) is 15.7. The summed E-state index contributed by atoms with van der Waals surface area (Å²) in [5.41, 5.74) is 6.18. The van der Waals surface area contributed by atoms with Crippen LogP contribution >= 0.6 is 23.7 Å². The van der Waals surface area contributed by atoms with Crippen LogP contribution in [0.15, 0.2) is 0 Å². The summed E-state index contributed by atoms with van der Waals surface area (Å²) in [6.07, 6.45) is 5.42. The fraction of sp³-hybridized carbons (Fsp3) is 0.769. The van der Waals surface area contributed by atoms with Crippen molar-refractivity contribution < 1.29 is 4.79 Å². The molecule has 2 saturated carbocycles. The molecule has 1 aromatic heterocycles. The summed E-state index contributed by atoms with van der Waals surface area (Å²) in [5, 5.41) is 12.6. The number of amides is 1. The van der Waals surface area contributed by atoms with E-state index in [0.29, 0.717) is 17.0 Å². The van der Waals surface area contributed by atoms with E-state index in [2.05, 4.69) is 22.4 Å². The van der Waals surface area contributed by atoms with Gasteiger partial charge in [0.2, 0.25) is 11.0 Å². The van der Waals surface area contributed by atoms with Crippen LogP contribution in [0.3, 0.4) is 0 Å². The fourth-order valence-electron chi connectivity index (χ4n) is 3.53. The summed E-state index contributed by atoms with van der Waals surface area (Å²) in [6, 6.07) is 0.0294. The topological polar surface area (TPSA) is 80.9 Å². The highest BCUT2D eigenvalue weighted by Gasteiger charge is 2.49. The number of halogens is 1. The Hall–Kier alpha value is -0.720. The highest BCUT2D eigenvalue weighted by molar-refractivity contribution is 7.15. The lowest BCUT2D eigenvalue weighted by Crippen LogP contribution is -2.42. The number of nitrogens with zero attached hydrogens (tertiary/aromatic N) is 2. The van der Waals surface area contributed by atoms with E-state index in [4.69, 9.17) is 5.73 Å². The van der Waals surface area contributed by atoms with Crippen LogP contribution in [0.2, 0.25) is 0 Å². The molecule has 0 aromatic carbocycles. The Morgan fingerprint density at radius 3 is 2.80 bits per heavy atom. The SMILES string of the molecule is CCCc1nnc(NC(=O)C2C3CCC(C3)C2N)s1.Cl. The molecule has 1 aromatic rings. The molecule has 2 aliphatic rings. The minimum Gasteiger partial charge on any atom is -0.327 e. The highest BCUT2D eigenvalue weighted by Crippen LogP contribution is 2.47. The normalized spacial score (nSPS) is 31.1. The molecule has 4 atom stereocenters. The Labute approximate surface area is 129 Å². The number of aromatic nitrogens is 2. The van der Waals surface area contributed by atoms with E-state index in [9.17, 15) is 4.79 Å². The predicted octanol–water partition coefficient (Wildman–Crippen LogP) is 2.22. The molecule has 5 nitrogen and oxygen atoms in total. The van der Waals surface area contributed by atoms with Crippen molar-refractivity contribution in [1.82, 2.24) is 10.2 Å². The van der Waals surface area contributed by atoms with Crippen molar-refractivity contribution >= 4 is 34.8 Å². The van der Waals surface area contributed by atoms with E-state index in [0.717, 1.165) is 30.7 Å². The molecule has 112 valence electrons. The standard InChI is InChI=1S/C13H20N4OS.ClH/c1-2-3-9-16-17-13(19-9)15-12(18)10-7-4-5-8(6-7)11(10)14;/h7-8,10-11H,2-6,14H2,1H3,(H,15,17,18);1H. The van der Waals surface area contributed by atoms with Gasteiger partial charge in [-0.1, -0.05) is 18.3 Å². The third-order valence-corrected chi connectivity index (χ3v) is 5.34. The Morgan fingerprint density at radius 1 is 1.40 bits per heavy atom. The summed E-state index contributed by atoms with van der Waals surface area (Å²) in [4.78, 5) is 12.3. The largest absolute Gasteiger partial charge is 0.327 e. The zero-order valence-corrected chi connectivity index (χ0v) is 13.2.